The van der Waals surface area contributed by atoms with Crippen LogP contribution in [0.4, 0.5) is 0 Å². The van der Waals surface area contributed by atoms with Crippen molar-refractivity contribution in [1.82, 2.24) is 9.55 Å². The predicted molar refractivity (Wildman–Crippen MR) is 53.5 cm³/mol. The van der Waals surface area contributed by atoms with Crippen LogP contribution in [0.15, 0.2) is 12.4 Å². The Morgan fingerprint density at radius 3 is 2.79 bits per heavy atom. The summed E-state index contributed by atoms with van der Waals surface area (Å²) < 4.78 is 4.25. The lowest BCUT2D eigenvalue weighted by Gasteiger charge is -2.12. The van der Waals surface area contributed by atoms with E-state index in [4.69, 9.17) is 34.8 Å². The van der Waals surface area contributed by atoms with Gasteiger partial charge < -0.3 is 9.30 Å². The molecule has 1 rings (SSSR count). The highest BCUT2D eigenvalue weighted by atomic mass is 35.6. The van der Waals surface area contributed by atoms with Gasteiger partial charge in [-0.15, -0.1) is 0 Å². The van der Waals surface area contributed by atoms with Crippen LogP contribution >= 0.6 is 34.8 Å². The van der Waals surface area contributed by atoms with Crippen LogP contribution in [0.25, 0.3) is 0 Å². The van der Waals surface area contributed by atoms with Gasteiger partial charge in [-0.25, -0.2) is 4.98 Å². The van der Waals surface area contributed by atoms with Crippen LogP contribution in [0.2, 0.25) is 0 Å². The molecule has 0 bridgehead atoms. The molecule has 7 heteroatoms. The van der Waals surface area contributed by atoms with E-state index in [2.05, 4.69) is 9.72 Å². The third-order valence-electron chi connectivity index (χ3n) is 1.50. The summed E-state index contributed by atoms with van der Waals surface area (Å²) in [5.41, 5.74) is 0. The van der Waals surface area contributed by atoms with E-state index in [9.17, 15) is 4.79 Å². The molecule has 78 valence electrons. The van der Waals surface area contributed by atoms with Gasteiger partial charge >= 0.3 is 5.97 Å². The number of nitrogens with zero attached hydrogens (tertiary/aromatic N) is 2. The second kappa shape index (κ2) is 4.38. The number of carbonyl (C=O) groups excluding carboxylic acids is 1. The van der Waals surface area contributed by atoms with E-state index in [0.29, 0.717) is 0 Å². The number of esters is 1. The SMILES string of the molecule is COC(=O)Cn1ccnc1C(Cl)(Cl)Cl. The predicted octanol–water partition coefficient (Wildman–Crippen LogP) is 1.88. The number of methoxy groups -OCH3 is 1. The van der Waals surface area contributed by atoms with E-state index >= 15 is 0 Å². The van der Waals surface area contributed by atoms with Crippen molar-refractivity contribution < 1.29 is 9.53 Å². The Morgan fingerprint density at radius 1 is 1.64 bits per heavy atom. The molecule has 14 heavy (non-hydrogen) atoms. The normalized spacial score (nSPS) is 11.4. The molecule has 0 aliphatic rings. The average molecular weight is 258 g/mol. The molecule has 0 N–H and O–H groups in total. The van der Waals surface area contributed by atoms with Gasteiger partial charge in [-0.1, -0.05) is 34.8 Å². The van der Waals surface area contributed by atoms with Gasteiger partial charge in [-0.2, -0.15) is 0 Å². The van der Waals surface area contributed by atoms with Crippen molar-refractivity contribution in [2.45, 2.75) is 10.3 Å². The van der Waals surface area contributed by atoms with Crippen molar-refractivity contribution in [2.75, 3.05) is 7.11 Å². The molecule has 1 aromatic heterocycles. The second-order valence-corrected chi connectivity index (χ2v) is 4.73. The number of carbonyl (C=O) groups is 1. The van der Waals surface area contributed by atoms with E-state index < -0.39 is 9.76 Å². The summed E-state index contributed by atoms with van der Waals surface area (Å²) >= 11 is 16.9. The molecule has 0 saturated heterocycles. The van der Waals surface area contributed by atoms with Gasteiger partial charge in [0.15, 0.2) is 5.82 Å². The Kier molecular flexibility index (Phi) is 3.64. The molecule has 0 fully saturated rings. The fourth-order valence-corrected chi connectivity index (χ4v) is 1.37. The summed E-state index contributed by atoms with van der Waals surface area (Å²) in [5.74, 6) is -0.244. The lowest BCUT2D eigenvalue weighted by molar-refractivity contribution is -0.141. The van der Waals surface area contributed by atoms with Gasteiger partial charge in [0.1, 0.15) is 6.54 Å². The Morgan fingerprint density at radius 2 is 2.29 bits per heavy atom. The number of ether oxygens (including phenoxy) is 1. The summed E-state index contributed by atoms with van der Waals surface area (Å²) in [6.07, 6.45) is 2.98. The van der Waals surface area contributed by atoms with Gasteiger partial charge in [0, 0.05) is 12.4 Å². The van der Waals surface area contributed by atoms with Crippen LogP contribution in [0.5, 0.6) is 0 Å². The topological polar surface area (TPSA) is 44.1 Å². The number of alkyl halides is 3. The minimum absolute atomic E-state index is 0.0280. The molecular formula is C7H7Cl3N2O2. The van der Waals surface area contributed by atoms with Gasteiger partial charge in [0.25, 0.3) is 0 Å². The first kappa shape index (κ1) is 11.6. The Labute approximate surface area is 95.7 Å². The lowest BCUT2D eigenvalue weighted by atomic mass is 10.6. The summed E-state index contributed by atoms with van der Waals surface area (Å²) in [6.45, 7) is -0.0280. The molecule has 0 aromatic carbocycles. The largest absolute Gasteiger partial charge is 0.468 e. The zero-order valence-corrected chi connectivity index (χ0v) is 9.47. The van der Waals surface area contributed by atoms with Gasteiger partial charge in [-0.3, -0.25) is 4.79 Å². The monoisotopic (exact) mass is 256 g/mol. The fourth-order valence-electron chi connectivity index (χ4n) is 0.896. The van der Waals surface area contributed by atoms with Crippen LogP contribution in [0, 0.1) is 0 Å². The van der Waals surface area contributed by atoms with Crippen molar-refractivity contribution >= 4 is 40.8 Å². The molecule has 0 spiro atoms. The zero-order chi connectivity index (χ0) is 10.8. The van der Waals surface area contributed by atoms with Gasteiger partial charge in [0.05, 0.1) is 7.11 Å². The Bertz CT molecular complexity index is 332. The van der Waals surface area contributed by atoms with Gasteiger partial charge in [-0.05, 0) is 0 Å². The standard InChI is InChI=1S/C7H7Cl3N2O2/c1-14-5(13)4-12-3-2-11-6(12)7(8,9)10/h2-3H,4H2,1H3. The Balaban J connectivity index is 2.88. The highest BCUT2D eigenvalue weighted by Crippen LogP contribution is 2.36. The molecule has 0 unspecified atom stereocenters. The lowest BCUT2D eigenvalue weighted by Crippen LogP contribution is -2.17. The number of hydrogen-bond acceptors (Lipinski definition) is 3. The number of halogens is 3. The number of hydrogen-bond donors (Lipinski definition) is 0. The Hall–Kier alpha value is -0.450. The van der Waals surface area contributed by atoms with Crippen LogP contribution in [-0.2, 0) is 19.9 Å². The molecule has 0 radical (unpaired) electrons. The smallest absolute Gasteiger partial charge is 0.325 e. The number of imidazole rings is 1. The maximum absolute atomic E-state index is 11.0. The molecule has 1 heterocycles. The molecule has 1 aromatic rings. The average Bonchev–Trinajstić information content (AvgIpc) is 2.51. The van der Waals surface area contributed by atoms with E-state index in [1.807, 2.05) is 0 Å². The first-order valence-electron chi connectivity index (χ1n) is 3.60. The highest BCUT2D eigenvalue weighted by molar-refractivity contribution is 6.66. The molecule has 0 aliphatic heterocycles. The first-order chi connectivity index (χ1) is 6.45. The molecule has 0 amide bonds. The molecule has 0 aliphatic carbocycles. The second-order valence-electron chi connectivity index (χ2n) is 2.45. The summed E-state index contributed by atoms with van der Waals surface area (Å²) in [4.78, 5) is 14.8. The summed E-state index contributed by atoms with van der Waals surface area (Å²) in [6, 6.07) is 0. The van der Waals surface area contributed by atoms with Crippen molar-refractivity contribution in [3.8, 4) is 0 Å². The fraction of sp³-hybridized carbons (Fsp3) is 0.429. The van der Waals surface area contributed by atoms with Crippen molar-refractivity contribution in [3.05, 3.63) is 18.2 Å². The van der Waals surface area contributed by atoms with Gasteiger partial charge in [0.2, 0.25) is 3.79 Å². The third kappa shape index (κ3) is 2.77. The van der Waals surface area contributed by atoms with Crippen LogP contribution in [-0.4, -0.2) is 22.6 Å². The zero-order valence-electron chi connectivity index (χ0n) is 7.21. The van der Waals surface area contributed by atoms with Crippen LogP contribution in [0.3, 0.4) is 0 Å². The minimum Gasteiger partial charge on any atom is -0.468 e. The number of rotatable bonds is 2. The van der Waals surface area contributed by atoms with Crippen molar-refractivity contribution in [1.29, 1.82) is 0 Å². The summed E-state index contributed by atoms with van der Waals surface area (Å²) in [7, 11) is 1.29. The molecular weight excluding hydrogens is 250 g/mol. The maximum atomic E-state index is 11.0. The third-order valence-corrected chi connectivity index (χ3v) is 2.00. The van der Waals surface area contributed by atoms with Crippen molar-refractivity contribution in [2.24, 2.45) is 0 Å². The quantitative estimate of drug-likeness (QED) is 0.600. The number of aromatic nitrogens is 2. The molecule has 4 nitrogen and oxygen atoms in total. The van der Waals surface area contributed by atoms with E-state index in [1.165, 1.54) is 24.1 Å². The summed E-state index contributed by atoms with van der Waals surface area (Å²) in [5, 5.41) is 0. The van der Waals surface area contributed by atoms with Crippen LogP contribution < -0.4 is 0 Å². The molecule has 0 atom stereocenters. The van der Waals surface area contributed by atoms with E-state index in [-0.39, 0.29) is 12.4 Å². The first-order valence-corrected chi connectivity index (χ1v) is 4.73. The van der Waals surface area contributed by atoms with E-state index in [0.717, 1.165) is 0 Å². The molecule has 0 saturated carbocycles. The van der Waals surface area contributed by atoms with Crippen LogP contribution in [0.1, 0.15) is 5.82 Å². The minimum atomic E-state index is -1.64. The highest BCUT2D eigenvalue weighted by Gasteiger charge is 2.28. The van der Waals surface area contributed by atoms with E-state index in [1.54, 1.807) is 0 Å². The maximum Gasteiger partial charge on any atom is 0.325 e. The van der Waals surface area contributed by atoms with Crippen molar-refractivity contribution in [3.63, 3.8) is 0 Å².